The zero-order chi connectivity index (χ0) is 14.5. The van der Waals surface area contributed by atoms with Gasteiger partial charge in [0, 0.05) is 12.4 Å². The molecule has 0 unspecified atom stereocenters. The molecule has 1 amide bonds. The number of nitrogens with one attached hydrogen (secondary N) is 1. The normalized spacial score (nSPS) is 9.95. The van der Waals surface area contributed by atoms with Crippen LogP contribution in [0.1, 0.15) is 10.4 Å². The van der Waals surface area contributed by atoms with Crippen molar-refractivity contribution in [1.29, 1.82) is 0 Å². The molecule has 2 aromatic heterocycles. The minimum absolute atomic E-state index is 0.0547. The minimum atomic E-state index is -0.451. The number of pyridine rings is 1. The van der Waals surface area contributed by atoms with Gasteiger partial charge in [0.1, 0.15) is 0 Å². The first-order valence-electron chi connectivity index (χ1n) is 5.52. The van der Waals surface area contributed by atoms with E-state index in [-0.39, 0.29) is 28.3 Å². The number of carbonyl (C=O) groups excluding carboxylic acids is 1. The molecule has 0 aliphatic carbocycles. The lowest BCUT2D eigenvalue weighted by Gasteiger charge is -2.08. The Morgan fingerprint density at radius 1 is 1.25 bits per heavy atom. The molecule has 0 atom stereocenters. The summed E-state index contributed by atoms with van der Waals surface area (Å²) < 4.78 is 9.98. The molecule has 2 rings (SSSR count). The zero-order valence-corrected chi connectivity index (χ0v) is 11.5. The highest BCUT2D eigenvalue weighted by molar-refractivity contribution is 6.34. The highest BCUT2D eigenvalue weighted by Crippen LogP contribution is 2.19. The molecule has 0 fully saturated rings. The molecule has 8 heteroatoms. The Morgan fingerprint density at radius 3 is 2.45 bits per heavy atom. The van der Waals surface area contributed by atoms with Crippen molar-refractivity contribution in [1.82, 2.24) is 15.0 Å². The van der Waals surface area contributed by atoms with Gasteiger partial charge >= 0.3 is 0 Å². The van der Waals surface area contributed by atoms with Gasteiger partial charge in [-0.1, -0.05) is 11.6 Å². The second-order valence-electron chi connectivity index (χ2n) is 3.59. The van der Waals surface area contributed by atoms with Crippen LogP contribution in [-0.4, -0.2) is 35.1 Å². The molecule has 2 heterocycles. The quantitative estimate of drug-likeness (QED) is 0.925. The summed E-state index contributed by atoms with van der Waals surface area (Å²) in [5, 5.41) is 2.75. The molecule has 0 aliphatic heterocycles. The molecular formula is C12H11ClN4O3. The molecule has 0 spiro atoms. The Balaban J connectivity index is 2.26. The number of halogens is 1. The van der Waals surface area contributed by atoms with Crippen molar-refractivity contribution in [2.45, 2.75) is 0 Å². The number of carbonyl (C=O) groups is 1. The van der Waals surface area contributed by atoms with Gasteiger partial charge < -0.3 is 9.47 Å². The second-order valence-corrected chi connectivity index (χ2v) is 3.99. The largest absolute Gasteiger partial charge is 0.481 e. The van der Waals surface area contributed by atoms with Gasteiger partial charge in [0.05, 0.1) is 30.9 Å². The maximum atomic E-state index is 12.0. The van der Waals surface area contributed by atoms with Gasteiger partial charge in [-0.2, -0.15) is 9.97 Å². The molecule has 104 valence electrons. The van der Waals surface area contributed by atoms with Crippen molar-refractivity contribution < 1.29 is 14.3 Å². The van der Waals surface area contributed by atoms with E-state index in [1.54, 1.807) is 0 Å². The van der Waals surface area contributed by atoms with E-state index in [4.69, 9.17) is 21.1 Å². The van der Waals surface area contributed by atoms with Crippen molar-refractivity contribution in [2.24, 2.45) is 0 Å². The summed E-state index contributed by atoms with van der Waals surface area (Å²) in [5.41, 5.74) is 0.270. The Bertz CT molecular complexity index is 614. The lowest BCUT2D eigenvalue weighted by atomic mass is 10.2. The fourth-order valence-corrected chi connectivity index (χ4v) is 1.60. The van der Waals surface area contributed by atoms with Crippen LogP contribution in [-0.2, 0) is 0 Å². The van der Waals surface area contributed by atoms with E-state index in [9.17, 15) is 4.79 Å². The topological polar surface area (TPSA) is 86.2 Å². The second kappa shape index (κ2) is 6.16. The summed E-state index contributed by atoms with van der Waals surface area (Å²) in [6.45, 7) is 0. The molecule has 20 heavy (non-hydrogen) atoms. The smallest absolute Gasteiger partial charge is 0.259 e. The third-order valence-corrected chi connectivity index (χ3v) is 2.64. The molecule has 0 aromatic carbocycles. The van der Waals surface area contributed by atoms with E-state index in [1.165, 1.54) is 38.7 Å². The third kappa shape index (κ3) is 3.12. The molecule has 0 radical (unpaired) electrons. The standard InChI is InChI=1S/C12H11ClN4O3/c1-19-9-5-10(20-2)16-12(15-9)17-11(18)7-3-4-14-6-8(7)13/h3-6H,1-2H3,(H,15,16,17,18). The maximum Gasteiger partial charge on any atom is 0.259 e. The highest BCUT2D eigenvalue weighted by atomic mass is 35.5. The summed E-state index contributed by atoms with van der Waals surface area (Å²) in [6, 6.07) is 2.99. The average molecular weight is 295 g/mol. The van der Waals surface area contributed by atoms with Crippen molar-refractivity contribution >= 4 is 23.5 Å². The van der Waals surface area contributed by atoms with Crippen LogP contribution < -0.4 is 14.8 Å². The Hall–Kier alpha value is -2.41. The van der Waals surface area contributed by atoms with Crippen LogP contribution in [0.5, 0.6) is 11.8 Å². The number of nitrogens with zero attached hydrogens (tertiary/aromatic N) is 3. The van der Waals surface area contributed by atoms with Crippen LogP contribution in [0.4, 0.5) is 5.95 Å². The molecule has 2 aromatic rings. The maximum absolute atomic E-state index is 12.0. The Labute approximate surface area is 119 Å². The van der Waals surface area contributed by atoms with Crippen molar-refractivity contribution in [3.05, 3.63) is 35.1 Å². The van der Waals surface area contributed by atoms with Crippen molar-refractivity contribution in [3.63, 3.8) is 0 Å². The molecule has 1 N–H and O–H groups in total. The predicted molar refractivity (Wildman–Crippen MR) is 72.3 cm³/mol. The first-order chi connectivity index (χ1) is 9.63. The number of methoxy groups -OCH3 is 2. The van der Waals surface area contributed by atoms with Crippen molar-refractivity contribution in [3.8, 4) is 11.8 Å². The molecule has 0 aliphatic rings. The molecule has 7 nitrogen and oxygen atoms in total. The fourth-order valence-electron chi connectivity index (χ4n) is 1.40. The monoisotopic (exact) mass is 294 g/mol. The number of aromatic nitrogens is 3. The summed E-state index contributed by atoms with van der Waals surface area (Å²) in [7, 11) is 2.90. The van der Waals surface area contributed by atoms with Gasteiger partial charge in [-0.05, 0) is 6.07 Å². The lowest BCUT2D eigenvalue weighted by molar-refractivity contribution is 0.102. The van der Waals surface area contributed by atoms with Gasteiger partial charge in [0.15, 0.2) is 0 Å². The van der Waals surface area contributed by atoms with Gasteiger partial charge in [-0.25, -0.2) is 0 Å². The van der Waals surface area contributed by atoms with Crippen LogP contribution in [0, 0.1) is 0 Å². The first-order valence-corrected chi connectivity index (χ1v) is 5.89. The van der Waals surface area contributed by atoms with E-state index < -0.39 is 5.91 Å². The summed E-state index contributed by atoms with van der Waals surface area (Å²) in [5.74, 6) is 0.146. The molecule has 0 saturated carbocycles. The third-order valence-electron chi connectivity index (χ3n) is 2.34. The summed E-state index contributed by atoms with van der Waals surface area (Å²) in [4.78, 5) is 23.8. The summed E-state index contributed by atoms with van der Waals surface area (Å²) >= 11 is 5.89. The molecule has 0 saturated heterocycles. The van der Waals surface area contributed by atoms with Crippen LogP contribution in [0.15, 0.2) is 24.5 Å². The van der Waals surface area contributed by atoms with Gasteiger partial charge in [-0.15, -0.1) is 0 Å². The SMILES string of the molecule is COc1cc(OC)nc(NC(=O)c2ccncc2Cl)n1. The Morgan fingerprint density at radius 2 is 1.90 bits per heavy atom. The van der Waals surface area contributed by atoms with E-state index in [2.05, 4.69) is 20.3 Å². The number of anilines is 1. The zero-order valence-electron chi connectivity index (χ0n) is 10.8. The number of hydrogen-bond donors (Lipinski definition) is 1. The van der Waals surface area contributed by atoms with E-state index in [0.717, 1.165) is 0 Å². The molecular weight excluding hydrogens is 284 g/mol. The minimum Gasteiger partial charge on any atom is -0.481 e. The number of hydrogen-bond acceptors (Lipinski definition) is 6. The summed E-state index contributed by atoms with van der Waals surface area (Å²) in [6.07, 6.45) is 2.84. The van der Waals surface area contributed by atoms with Crippen LogP contribution in [0.3, 0.4) is 0 Å². The lowest BCUT2D eigenvalue weighted by Crippen LogP contribution is -2.15. The average Bonchev–Trinajstić information content (AvgIpc) is 2.47. The Kier molecular flexibility index (Phi) is 4.31. The predicted octanol–water partition coefficient (Wildman–Crippen LogP) is 1.79. The number of ether oxygens (including phenoxy) is 2. The first kappa shape index (κ1) is 14.0. The highest BCUT2D eigenvalue weighted by Gasteiger charge is 2.13. The van der Waals surface area contributed by atoms with Gasteiger partial charge in [0.2, 0.25) is 17.7 Å². The molecule has 0 bridgehead atoms. The fraction of sp³-hybridized carbons (Fsp3) is 0.167. The van der Waals surface area contributed by atoms with Crippen LogP contribution in [0.2, 0.25) is 5.02 Å². The van der Waals surface area contributed by atoms with Crippen molar-refractivity contribution in [2.75, 3.05) is 19.5 Å². The van der Waals surface area contributed by atoms with Crippen LogP contribution >= 0.6 is 11.6 Å². The van der Waals surface area contributed by atoms with E-state index in [1.807, 2.05) is 0 Å². The number of amides is 1. The van der Waals surface area contributed by atoms with E-state index >= 15 is 0 Å². The number of rotatable bonds is 4. The van der Waals surface area contributed by atoms with Gasteiger partial charge in [0.25, 0.3) is 5.91 Å². The van der Waals surface area contributed by atoms with Gasteiger partial charge in [-0.3, -0.25) is 15.1 Å². The van der Waals surface area contributed by atoms with Crippen LogP contribution in [0.25, 0.3) is 0 Å². The van der Waals surface area contributed by atoms with E-state index in [0.29, 0.717) is 0 Å².